The van der Waals surface area contributed by atoms with E-state index < -0.39 is 8.07 Å². The van der Waals surface area contributed by atoms with Gasteiger partial charge in [0.25, 0.3) is 0 Å². The van der Waals surface area contributed by atoms with E-state index in [2.05, 4.69) is 178 Å². The fourth-order valence-corrected chi connectivity index (χ4v) is 13.5. The summed E-state index contributed by atoms with van der Waals surface area (Å²) in [5.41, 5.74) is 12.0. The summed E-state index contributed by atoms with van der Waals surface area (Å²) in [7, 11) is -2.92. The van der Waals surface area contributed by atoms with E-state index in [0.29, 0.717) is 0 Å². The topological polar surface area (TPSA) is 46.5 Å². The van der Waals surface area contributed by atoms with Gasteiger partial charge in [0, 0.05) is 39.2 Å². The van der Waals surface area contributed by atoms with Crippen LogP contribution in [0.4, 0.5) is 0 Å². The minimum Gasteiger partial charge on any atom is -0.309 e. The van der Waals surface area contributed by atoms with E-state index in [-0.39, 0.29) is 10.8 Å². The van der Waals surface area contributed by atoms with Gasteiger partial charge in [-0.2, -0.15) is 5.10 Å². The van der Waals surface area contributed by atoms with Crippen molar-refractivity contribution < 1.29 is 0 Å². The predicted molar refractivity (Wildman–Crippen MR) is 221 cm³/mol. The van der Waals surface area contributed by atoms with E-state index in [1.807, 2.05) is 19.2 Å². The highest BCUT2D eigenvalue weighted by Crippen LogP contribution is 2.37. The number of fused-ring (bicyclic) bond motifs is 6. The van der Waals surface area contributed by atoms with Crippen molar-refractivity contribution in [1.29, 1.82) is 0 Å². The summed E-state index contributed by atoms with van der Waals surface area (Å²) in [5, 5.41) is 15.6. The molecule has 0 aliphatic carbocycles. The highest BCUT2D eigenvalue weighted by atomic mass is 28.3. The van der Waals surface area contributed by atoms with Gasteiger partial charge in [-0.25, -0.2) is 0 Å². The maximum absolute atomic E-state index is 5.28. The molecule has 5 aromatic carbocycles. The lowest BCUT2D eigenvalue weighted by Crippen LogP contribution is -2.73. The first-order valence-electron chi connectivity index (χ1n) is 18.3. The Hall–Kier alpha value is -5.52. The molecule has 0 bridgehead atoms. The summed E-state index contributed by atoms with van der Waals surface area (Å²) in [6.45, 7) is 16.0. The van der Waals surface area contributed by atoms with Crippen LogP contribution >= 0.6 is 0 Å². The molecule has 0 amide bonds. The second kappa shape index (κ2) is 11.5. The zero-order valence-corrected chi connectivity index (χ0v) is 32.0. The maximum Gasteiger partial charge on any atom is 0.203 e. The maximum atomic E-state index is 5.28. The lowest BCUT2D eigenvalue weighted by Gasteiger charge is -2.32. The molecule has 4 nitrogen and oxygen atoms in total. The number of hydrogen-bond donors (Lipinski definition) is 1. The third kappa shape index (κ3) is 4.86. The van der Waals surface area contributed by atoms with Gasteiger partial charge in [0.2, 0.25) is 8.07 Å². The Bertz CT molecular complexity index is 2600. The molecule has 8 aromatic rings. The Morgan fingerprint density at radius 2 is 1.27 bits per heavy atom. The molecule has 0 radical (unpaired) electrons. The molecule has 9 rings (SSSR count). The van der Waals surface area contributed by atoms with Crippen molar-refractivity contribution >= 4 is 50.8 Å². The number of pyridine rings is 1. The van der Waals surface area contributed by atoms with Crippen molar-refractivity contribution in [2.24, 2.45) is 0 Å². The van der Waals surface area contributed by atoms with E-state index >= 15 is 0 Å². The van der Waals surface area contributed by atoms with Crippen LogP contribution < -0.4 is 20.9 Å². The lowest BCUT2D eigenvalue weighted by molar-refractivity contribution is 0.590. The number of para-hydroxylation sites is 1. The summed E-state index contributed by atoms with van der Waals surface area (Å²) in [6, 6.07) is 48.1. The van der Waals surface area contributed by atoms with Gasteiger partial charge in [0.05, 0.1) is 16.7 Å². The van der Waals surface area contributed by atoms with Crippen LogP contribution in [0, 0.1) is 6.92 Å². The number of benzene rings is 5. The molecule has 0 saturated heterocycles. The Labute approximate surface area is 307 Å². The molecule has 0 unspecified atom stereocenters. The van der Waals surface area contributed by atoms with Gasteiger partial charge in [-0.15, -0.1) is 0 Å². The summed E-state index contributed by atoms with van der Waals surface area (Å²) < 4.78 is 2.45. The van der Waals surface area contributed by atoms with Crippen molar-refractivity contribution in [3.05, 3.63) is 150 Å². The first-order chi connectivity index (χ1) is 24.9. The number of rotatable bonds is 4. The van der Waals surface area contributed by atoms with Crippen molar-refractivity contribution in [3.63, 3.8) is 0 Å². The molecule has 0 fully saturated rings. The summed E-state index contributed by atoms with van der Waals surface area (Å²) in [5.74, 6) is 0. The lowest BCUT2D eigenvalue weighted by atomic mass is 9.85. The Morgan fingerprint density at radius 3 is 1.90 bits per heavy atom. The second-order valence-electron chi connectivity index (χ2n) is 16.6. The molecule has 4 heterocycles. The number of H-pyrrole nitrogens is 1. The summed E-state index contributed by atoms with van der Waals surface area (Å²) in [6.07, 6.45) is 1.98. The number of hydrogen-bond acceptors (Lipinski definition) is 2. The largest absolute Gasteiger partial charge is 0.309 e. The molecule has 1 N–H and O–H groups in total. The molecule has 52 heavy (non-hydrogen) atoms. The third-order valence-electron chi connectivity index (χ3n) is 11.1. The molecule has 0 saturated carbocycles. The molecule has 256 valence electrons. The third-order valence-corrected chi connectivity index (χ3v) is 15.8. The van der Waals surface area contributed by atoms with E-state index in [4.69, 9.17) is 4.98 Å². The molecule has 0 atom stereocenters. The number of nitrogens with zero attached hydrogens (tertiary/aromatic N) is 3. The molecule has 0 spiro atoms. The fourth-order valence-electron chi connectivity index (χ4n) is 8.43. The zero-order valence-electron chi connectivity index (χ0n) is 31.0. The van der Waals surface area contributed by atoms with Gasteiger partial charge in [-0.1, -0.05) is 126 Å². The predicted octanol–water partition coefficient (Wildman–Crippen LogP) is 8.83. The number of aryl methyl sites for hydroxylation is 1. The average Bonchev–Trinajstić information content (AvgIpc) is 3.81. The van der Waals surface area contributed by atoms with Crippen LogP contribution in [0.5, 0.6) is 0 Å². The first-order valence-corrected chi connectivity index (χ1v) is 20.3. The summed E-state index contributed by atoms with van der Waals surface area (Å²) in [4.78, 5) is 5.28. The normalized spacial score (nSPS) is 13.8. The Kier molecular flexibility index (Phi) is 7.16. The van der Waals surface area contributed by atoms with Crippen LogP contribution in [0.2, 0.25) is 0 Å². The highest BCUT2D eigenvalue weighted by Gasteiger charge is 2.50. The molecule has 1 aliphatic rings. The SMILES string of the molecule is Cc1cc(-c2ccc3c4ccccc4n(-c4cccc([Si]5(c6ccccn6)c6cc(C(C)(C)C)ccc6-c6ccc(C(C)(C)C)cc65)c4)c3c2)n[nH]1. The van der Waals surface area contributed by atoms with Crippen LogP contribution in [-0.4, -0.2) is 27.8 Å². The molecule has 5 heteroatoms. The van der Waals surface area contributed by atoms with Crippen molar-refractivity contribution in [3.8, 4) is 28.1 Å². The summed E-state index contributed by atoms with van der Waals surface area (Å²) >= 11 is 0. The van der Waals surface area contributed by atoms with Crippen molar-refractivity contribution in [2.45, 2.75) is 59.3 Å². The molecule has 3 aromatic heterocycles. The van der Waals surface area contributed by atoms with E-state index in [0.717, 1.165) is 22.6 Å². The second-order valence-corrected chi connectivity index (χ2v) is 20.2. The smallest absolute Gasteiger partial charge is 0.203 e. The quantitative estimate of drug-likeness (QED) is 0.188. The Balaban J connectivity index is 1.38. The van der Waals surface area contributed by atoms with E-state index in [1.54, 1.807) is 0 Å². The van der Waals surface area contributed by atoms with Crippen molar-refractivity contribution in [1.82, 2.24) is 19.7 Å². The van der Waals surface area contributed by atoms with Crippen LogP contribution in [-0.2, 0) is 10.8 Å². The van der Waals surface area contributed by atoms with Gasteiger partial charge in [0.1, 0.15) is 0 Å². The van der Waals surface area contributed by atoms with Crippen LogP contribution in [0.1, 0.15) is 58.4 Å². The van der Waals surface area contributed by atoms with Gasteiger partial charge >= 0.3 is 0 Å². The number of aromatic amines is 1. The van der Waals surface area contributed by atoms with Crippen LogP contribution in [0.3, 0.4) is 0 Å². The van der Waals surface area contributed by atoms with Crippen LogP contribution in [0.25, 0.3) is 49.9 Å². The van der Waals surface area contributed by atoms with E-state index in [9.17, 15) is 0 Å². The average molecular weight is 693 g/mol. The molecule has 1 aliphatic heterocycles. The monoisotopic (exact) mass is 692 g/mol. The molecular weight excluding hydrogens is 649 g/mol. The Morgan fingerprint density at radius 1 is 0.596 bits per heavy atom. The van der Waals surface area contributed by atoms with Gasteiger partial charge in [-0.3, -0.25) is 10.1 Å². The van der Waals surface area contributed by atoms with Gasteiger partial charge in [-0.05, 0) is 98.0 Å². The minimum atomic E-state index is -2.92. The number of nitrogens with one attached hydrogen (secondary N) is 1. The molecular formula is C47H44N4Si. The minimum absolute atomic E-state index is 0.0000217. The zero-order chi connectivity index (χ0) is 36.0. The highest BCUT2D eigenvalue weighted by molar-refractivity contribution is 7.21. The van der Waals surface area contributed by atoms with Gasteiger partial charge < -0.3 is 4.57 Å². The first kappa shape index (κ1) is 32.4. The van der Waals surface area contributed by atoms with Gasteiger partial charge in [0.15, 0.2) is 0 Å². The number of aromatic nitrogens is 4. The van der Waals surface area contributed by atoms with Crippen molar-refractivity contribution in [2.75, 3.05) is 0 Å². The van der Waals surface area contributed by atoms with Crippen LogP contribution in [0.15, 0.2) is 134 Å². The standard InChI is InChI=1S/C47H44N4Si/c1-30-25-40(50-49-30)31-18-21-37-36-15-8-9-16-41(36)51(42(37)26-31)34-13-12-14-35(29-34)52(45-17-10-11-24-48-45)43-27-32(46(2,3)4)19-22-38(43)39-23-20-33(28-44(39)52)47(5,6)7/h8-29H,1-7H3,(H,49,50). The fraction of sp³-hybridized carbons (Fsp3) is 0.191. The van der Waals surface area contributed by atoms with E-state index in [1.165, 1.54) is 64.9 Å².